The van der Waals surface area contributed by atoms with Crippen LogP contribution in [0.15, 0.2) is 59.7 Å². The Morgan fingerprint density at radius 3 is 1.98 bits per heavy atom. The number of amides is 8. The smallest absolute Gasteiger partial charge is 0.246 e. The van der Waals surface area contributed by atoms with E-state index in [1.54, 1.807) is 18.3 Å². The van der Waals surface area contributed by atoms with Gasteiger partial charge >= 0.3 is 0 Å². The Bertz CT molecular complexity index is 2970. The molecule has 0 radical (unpaired) electrons. The van der Waals surface area contributed by atoms with Gasteiger partial charge in [-0.1, -0.05) is 75.3 Å². The van der Waals surface area contributed by atoms with E-state index in [0.717, 1.165) is 66.3 Å². The van der Waals surface area contributed by atoms with Gasteiger partial charge in [-0.15, -0.1) is 0 Å². The predicted molar refractivity (Wildman–Crippen MR) is 319 cm³/mol. The van der Waals surface area contributed by atoms with Gasteiger partial charge in [0.15, 0.2) is 23.3 Å². The van der Waals surface area contributed by atoms with Crippen LogP contribution in [-0.2, 0) is 65.6 Å². The number of nitrogens with zero attached hydrogens (tertiary/aromatic N) is 2. The quantitative estimate of drug-likeness (QED) is 0.0211. The summed E-state index contributed by atoms with van der Waals surface area (Å²) >= 11 is 0. The number of β-amino-alcohol motifs (C(OH)–C–C–N with tert-alkyl or cyclic N) is 1. The van der Waals surface area contributed by atoms with E-state index in [4.69, 9.17) is 22.9 Å². The number of likely N-dealkylation sites (tertiary alicyclic amines) is 1. The zero-order valence-corrected chi connectivity index (χ0v) is 49.5. The SMILES string of the molecule is CC(=O)N[C@H](Cc1ccc(O)cc1)C(=O)N1C[C@H](O)C[C@H]1C(=O)N[C@@H](CC(N)=O)C(=O)C[C@H](C(=O)N[C@@H](CC1CCCCC1)C(=O)CCC(=O)N[C@@H](CC1CC1)C(=O)C[C@@H](CCCN=C(N)N)C(=O)N[C@@H](Cc1c[nH]c2ccccc12)C(N)=O)[C@@H](C)O. The van der Waals surface area contributed by atoms with Crippen molar-refractivity contribution in [2.45, 2.75) is 184 Å². The third kappa shape index (κ3) is 21.3. The first-order valence-electron chi connectivity index (χ1n) is 30.0. The number of carbonyl (C=O) groups excluding carboxylic acids is 11. The highest BCUT2D eigenvalue weighted by Crippen LogP contribution is 2.35. The molecule has 2 saturated carbocycles. The van der Waals surface area contributed by atoms with E-state index < -0.39 is 138 Å². The number of phenols is 1. The molecule has 2 aromatic carbocycles. The van der Waals surface area contributed by atoms with Gasteiger partial charge in [0, 0.05) is 88.0 Å². The van der Waals surface area contributed by atoms with E-state index in [1.807, 2.05) is 24.3 Å². The number of phenolic OH excluding ortho intramolecular Hbond substituents is 1. The van der Waals surface area contributed by atoms with Crippen molar-refractivity contribution < 1.29 is 68.1 Å². The Kier molecular flexibility index (Phi) is 25.3. The fourth-order valence-corrected chi connectivity index (χ4v) is 11.6. The Hall–Kier alpha value is -8.26. The van der Waals surface area contributed by atoms with Crippen molar-refractivity contribution >= 4 is 81.5 Å². The minimum atomic E-state index is -1.68. The molecule has 0 spiro atoms. The maximum Gasteiger partial charge on any atom is 0.246 e. The number of guanidine groups is 1. The van der Waals surface area contributed by atoms with Crippen LogP contribution < -0.4 is 49.5 Å². The summed E-state index contributed by atoms with van der Waals surface area (Å²) in [6.07, 6.45) is 2.93. The number of hydrogen-bond donors (Lipinski definition) is 13. The van der Waals surface area contributed by atoms with Gasteiger partial charge in [-0.3, -0.25) is 57.7 Å². The number of aromatic nitrogens is 1. The number of Topliss-reactive ketones (excluding diaryl/α,β-unsaturated/α-hetero) is 3. The summed E-state index contributed by atoms with van der Waals surface area (Å²) in [7, 11) is 0. The first-order chi connectivity index (χ1) is 41.3. The molecule has 474 valence electrons. The third-order valence-electron chi connectivity index (χ3n) is 16.5. The van der Waals surface area contributed by atoms with Crippen LogP contribution in [-0.4, -0.2) is 157 Å². The number of aliphatic imine (C=N–C) groups is 1. The van der Waals surface area contributed by atoms with Crippen LogP contribution in [0.2, 0.25) is 0 Å². The summed E-state index contributed by atoms with van der Waals surface area (Å²) in [6.45, 7) is 2.27. The van der Waals surface area contributed by atoms with Crippen LogP contribution in [0.5, 0.6) is 5.75 Å². The molecule has 3 aromatic rings. The number of nitrogens with two attached hydrogens (primary N) is 4. The van der Waals surface area contributed by atoms with Crippen molar-refractivity contribution in [3.63, 3.8) is 0 Å². The number of primary amides is 2. The van der Waals surface area contributed by atoms with Crippen molar-refractivity contribution in [1.29, 1.82) is 0 Å². The van der Waals surface area contributed by atoms with Crippen molar-refractivity contribution in [2.75, 3.05) is 13.1 Å². The van der Waals surface area contributed by atoms with Gasteiger partial charge in [0.1, 0.15) is 23.9 Å². The first-order valence-corrected chi connectivity index (χ1v) is 30.0. The minimum absolute atomic E-state index is 0.00225. The van der Waals surface area contributed by atoms with Crippen LogP contribution in [0.3, 0.4) is 0 Å². The Morgan fingerprint density at radius 2 is 1.34 bits per heavy atom. The lowest BCUT2D eigenvalue weighted by atomic mass is 9.83. The van der Waals surface area contributed by atoms with E-state index >= 15 is 0 Å². The fourth-order valence-electron chi connectivity index (χ4n) is 11.6. The van der Waals surface area contributed by atoms with E-state index in [1.165, 1.54) is 26.0 Å². The molecule has 17 N–H and O–H groups in total. The van der Waals surface area contributed by atoms with Crippen molar-refractivity contribution in [3.05, 3.63) is 65.9 Å². The molecule has 6 rings (SSSR count). The van der Waals surface area contributed by atoms with Crippen LogP contribution in [0.1, 0.15) is 134 Å². The van der Waals surface area contributed by atoms with E-state index in [9.17, 15) is 68.1 Å². The highest BCUT2D eigenvalue weighted by atomic mass is 16.3. The molecule has 1 saturated heterocycles. The normalized spacial score (nSPS) is 18.7. The van der Waals surface area contributed by atoms with Crippen LogP contribution in [0, 0.1) is 23.7 Å². The van der Waals surface area contributed by atoms with Crippen molar-refractivity contribution in [1.82, 2.24) is 36.5 Å². The predicted octanol–water partition coefficient (Wildman–Crippen LogP) is 0.130. The standard InChI is InChI=1S/C61H86N12O14/c1-33(74)43(29-53(80)47(30-54(62)81)71-59(86)50-28-41(77)32-73(50)60(87)49(68-34(2)75)25-37-16-18-40(76)19-17-37)58(85)70-45(23-35-9-4-3-5-10-35)51(78)20-21-55(82)69-46(24-36-14-15-36)52(79)27-38(11-8-22-66-61(64)65)57(84)72-48(56(63)83)26-39-31-67-44-13-7-6-12-42(39)44/h6-7,12-13,16-19,31,33,35-36,38,41,43,45-50,67,74,76-77H,3-5,8-11,14-15,20-30,32H2,1-2H3,(H2,62,81)(H2,63,83)(H,68,75)(H,69,82)(H,70,85)(H,71,86)(H,72,84)(H4,64,65,66)/t33-,38-,41-,43+,45+,46+,47+,48+,49-,50+/m1/s1. The Labute approximate surface area is 504 Å². The molecule has 0 unspecified atom stereocenters. The molecule has 3 aliphatic rings. The lowest BCUT2D eigenvalue weighted by Crippen LogP contribution is -2.56. The number of aliphatic hydroxyl groups excluding tert-OH is 2. The number of fused-ring (bicyclic) bond motifs is 1. The highest BCUT2D eigenvalue weighted by molar-refractivity contribution is 6.00. The number of rotatable bonds is 35. The second-order valence-electron chi connectivity index (χ2n) is 23.7. The fraction of sp³-hybridized carbons (Fsp3) is 0.574. The third-order valence-corrected chi connectivity index (χ3v) is 16.5. The van der Waals surface area contributed by atoms with E-state index in [-0.39, 0.29) is 94.4 Å². The molecule has 8 amide bonds. The summed E-state index contributed by atoms with van der Waals surface area (Å²) in [5, 5.41) is 45.6. The molecule has 26 nitrogen and oxygen atoms in total. The van der Waals surface area contributed by atoms with Crippen molar-refractivity contribution in [2.24, 2.45) is 51.6 Å². The first kappa shape index (κ1) is 67.9. The maximum absolute atomic E-state index is 14.3. The monoisotopic (exact) mass is 1210 g/mol. The summed E-state index contributed by atoms with van der Waals surface area (Å²) in [5.74, 6) is -10.7. The number of para-hydroxylation sites is 1. The summed E-state index contributed by atoms with van der Waals surface area (Å²) in [6, 6.07) is 5.68. The van der Waals surface area contributed by atoms with Crippen LogP contribution >= 0.6 is 0 Å². The summed E-state index contributed by atoms with van der Waals surface area (Å²) in [4.78, 5) is 158. The molecular formula is C61H86N12O14. The molecule has 10 atom stereocenters. The lowest BCUT2D eigenvalue weighted by Gasteiger charge is -2.30. The molecule has 2 aliphatic carbocycles. The molecule has 3 fully saturated rings. The largest absolute Gasteiger partial charge is 0.508 e. The number of nitrogens with one attached hydrogen (secondary N) is 6. The van der Waals surface area contributed by atoms with E-state index in [0.29, 0.717) is 12.0 Å². The van der Waals surface area contributed by atoms with Crippen LogP contribution in [0.4, 0.5) is 0 Å². The number of carbonyl (C=O) groups is 11. The highest BCUT2D eigenvalue weighted by Gasteiger charge is 2.43. The number of ketones is 3. The number of aromatic hydroxyl groups is 1. The topological polar surface area (TPSA) is 444 Å². The minimum Gasteiger partial charge on any atom is -0.508 e. The Morgan fingerprint density at radius 1 is 0.701 bits per heavy atom. The zero-order chi connectivity index (χ0) is 63.5. The van der Waals surface area contributed by atoms with Gasteiger partial charge in [0.05, 0.1) is 42.7 Å². The van der Waals surface area contributed by atoms with E-state index in [2.05, 4.69) is 36.6 Å². The van der Waals surface area contributed by atoms with Crippen molar-refractivity contribution in [3.8, 4) is 5.75 Å². The summed E-state index contributed by atoms with van der Waals surface area (Å²) < 4.78 is 0. The maximum atomic E-state index is 14.3. The van der Waals surface area contributed by atoms with Gasteiger partial charge in [-0.2, -0.15) is 0 Å². The van der Waals surface area contributed by atoms with Gasteiger partial charge in [-0.25, -0.2) is 0 Å². The molecule has 0 bridgehead atoms. The molecular weight excluding hydrogens is 1120 g/mol. The zero-order valence-electron chi connectivity index (χ0n) is 49.5. The van der Waals surface area contributed by atoms with Gasteiger partial charge in [0.2, 0.25) is 47.3 Å². The number of benzene rings is 2. The summed E-state index contributed by atoms with van der Waals surface area (Å²) in [5.41, 5.74) is 24.5. The Balaban J connectivity index is 1.11. The number of H-pyrrole nitrogens is 1. The molecule has 87 heavy (non-hydrogen) atoms. The average Bonchev–Trinajstić information content (AvgIpc) is 2.09. The molecule has 26 heteroatoms. The number of aromatic amines is 1. The second kappa shape index (κ2) is 32.5. The lowest BCUT2D eigenvalue weighted by molar-refractivity contribution is -0.142. The van der Waals surface area contributed by atoms with Crippen LogP contribution in [0.25, 0.3) is 10.9 Å². The number of hydrogen-bond acceptors (Lipinski definition) is 15. The van der Waals surface area contributed by atoms with Gasteiger partial charge in [-0.05, 0) is 73.8 Å². The average molecular weight is 1210 g/mol. The van der Waals surface area contributed by atoms with Gasteiger partial charge in [0.25, 0.3) is 0 Å². The molecule has 1 aliphatic heterocycles. The number of aliphatic hydroxyl groups is 2. The second-order valence-corrected chi connectivity index (χ2v) is 23.7. The molecule has 1 aromatic heterocycles. The van der Waals surface area contributed by atoms with Gasteiger partial charge < -0.3 is 74.7 Å². The molecule has 2 heterocycles.